The third-order valence-electron chi connectivity index (χ3n) is 2.94. The smallest absolute Gasteiger partial charge is 0.123 e. The Kier molecular flexibility index (Phi) is 5.07. The van der Waals surface area contributed by atoms with Crippen molar-refractivity contribution in [3.8, 4) is 0 Å². The molecule has 0 N–H and O–H groups in total. The molecule has 0 aliphatic heterocycles. The summed E-state index contributed by atoms with van der Waals surface area (Å²) in [7, 11) is 0. The van der Waals surface area contributed by atoms with Gasteiger partial charge in [-0.1, -0.05) is 36.2 Å². The van der Waals surface area contributed by atoms with Crippen molar-refractivity contribution >= 4 is 23.2 Å². The summed E-state index contributed by atoms with van der Waals surface area (Å²) in [5.74, 6) is 0. The average molecular weight is 291 g/mol. The zero-order chi connectivity index (χ0) is 14.0. The Morgan fingerprint density at radius 3 is 2.11 bits per heavy atom. The van der Waals surface area contributed by atoms with Crippen molar-refractivity contribution in [1.82, 2.24) is 0 Å². The second-order valence-corrected chi connectivity index (χ2v) is 6.23. The molecule has 4 heteroatoms. The third kappa shape index (κ3) is 4.13. The van der Waals surface area contributed by atoms with Crippen LogP contribution in [0.3, 0.4) is 0 Å². The number of hydrogen-bond acceptors (Lipinski definition) is 2. The van der Waals surface area contributed by atoms with Crippen molar-refractivity contribution in [2.24, 2.45) is 0 Å². The van der Waals surface area contributed by atoms with Crippen LogP contribution >= 0.6 is 23.2 Å². The lowest BCUT2D eigenvalue weighted by atomic mass is 9.99. The van der Waals surface area contributed by atoms with Crippen molar-refractivity contribution < 1.29 is 9.78 Å². The molecule has 0 atom stereocenters. The minimum Gasteiger partial charge on any atom is -0.230 e. The zero-order valence-corrected chi connectivity index (χ0v) is 13.0. The van der Waals surface area contributed by atoms with Crippen LogP contribution < -0.4 is 0 Å². The van der Waals surface area contributed by atoms with Gasteiger partial charge in [0.15, 0.2) is 0 Å². The highest BCUT2D eigenvalue weighted by atomic mass is 35.5. The Bertz CT molecular complexity index is 414. The van der Waals surface area contributed by atoms with Crippen molar-refractivity contribution in [3.05, 3.63) is 33.8 Å². The van der Waals surface area contributed by atoms with Crippen LogP contribution in [0.15, 0.2) is 18.2 Å². The maximum atomic E-state index is 6.01. The Hall–Kier alpha value is -0.280. The standard InChI is InChI=1S/C14H20Cl2O2/c1-6-13(2,3)17-18-14(4,5)10-7-8-11(15)12(16)9-10/h7-9H,6H2,1-5H3. The first-order chi connectivity index (χ1) is 8.18. The lowest BCUT2D eigenvalue weighted by Gasteiger charge is -2.30. The maximum Gasteiger partial charge on any atom is 0.123 e. The van der Waals surface area contributed by atoms with Crippen molar-refractivity contribution in [3.63, 3.8) is 0 Å². The predicted octanol–water partition coefficient (Wildman–Crippen LogP) is 5.37. The van der Waals surface area contributed by atoms with Crippen LogP contribution in [0.25, 0.3) is 0 Å². The molecule has 0 aliphatic rings. The molecule has 1 aromatic rings. The fraction of sp³-hybridized carbons (Fsp3) is 0.571. The number of rotatable bonds is 5. The van der Waals surface area contributed by atoms with Gasteiger partial charge < -0.3 is 0 Å². The summed E-state index contributed by atoms with van der Waals surface area (Å²) in [6, 6.07) is 5.44. The van der Waals surface area contributed by atoms with E-state index in [0.717, 1.165) is 12.0 Å². The molecule has 0 saturated carbocycles. The van der Waals surface area contributed by atoms with E-state index in [0.29, 0.717) is 10.0 Å². The molecule has 0 saturated heterocycles. The Morgan fingerprint density at radius 2 is 1.61 bits per heavy atom. The van der Waals surface area contributed by atoms with E-state index in [1.54, 1.807) is 12.1 Å². The fourth-order valence-electron chi connectivity index (χ4n) is 1.19. The highest BCUT2D eigenvalue weighted by Crippen LogP contribution is 2.32. The van der Waals surface area contributed by atoms with Crippen LogP contribution in [0.5, 0.6) is 0 Å². The van der Waals surface area contributed by atoms with Gasteiger partial charge in [-0.05, 0) is 51.8 Å². The quantitative estimate of drug-likeness (QED) is 0.536. The van der Waals surface area contributed by atoms with Crippen LogP contribution in [0.1, 0.15) is 46.6 Å². The Balaban J connectivity index is 2.82. The first kappa shape index (κ1) is 15.8. The second-order valence-electron chi connectivity index (χ2n) is 5.42. The van der Waals surface area contributed by atoms with E-state index in [4.69, 9.17) is 33.0 Å². The van der Waals surface area contributed by atoms with Crippen molar-refractivity contribution in [2.75, 3.05) is 0 Å². The number of halogens is 2. The molecule has 0 heterocycles. The van der Waals surface area contributed by atoms with Gasteiger partial charge in [0.1, 0.15) is 5.60 Å². The minimum atomic E-state index is -0.583. The van der Waals surface area contributed by atoms with Gasteiger partial charge in [-0.25, -0.2) is 9.78 Å². The van der Waals surface area contributed by atoms with Gasteiger partial charge >= 0.3 is 0 Å². The Labute approximate surface area is 119 Å². The molecule has 0 bridgehead atoms. The van der Waals surface area contributed by atoms with E-state index in [1.807, 2.05) is 33.8 Å². The number of benzene rings is 1. The van der Waals surface area contributed by atoms with E-state index in [1.165, 1.54) is 0 Å². The summed E-state index contributed by atoms with van der Waals surface area (Å²) in [6.45, 7) is 9.88. The molecule has 0 unspecified atom stereocenters. The summed E-state index contributed by atoms with van der Waals surface area (Å²) < 4.78 is 0. The molecule has 1 rings (SSSR count). The van der Waals surface area contributed by atoms with Crippen LogP contribution in [0.2, 0.25) is 10.0 Å². The van der Waals surface area contributed by atoms with Gasteiger partial charge in [0, 0.05) is 0 Å². The lowest BCUT2D eigenvalue weighted by molar-refractivity contribution is -0.405. The molecular weight excluding hydrogens is 271 g/mol. The molecule has 0 spiro atoms. The maximum absolute atomic E-state index is 6.01. The second kappa shape index (κ2) is 5.79. The minimum absolute atomic E-state index is 0.312. The summed E-state index contributed by atoms with van der Waals surface area (Å²) in [5.41, 5.74) is 0.0255. The van der Waals surface area contributed by atoms with E-state index in [-0.39, 0.29) is 5.60 Å². The largest absolute Gasteiger partial charge is 0.230 e. The normalized spacial score (nSPS) is 12.8. The van der Waals surface area contributed by atoms with E-state index in [9.17, 15) is 0 Å². The summed E-state index contributed by atoms with van der Waals surface area (Å²) >= 11 is 11.9. The van der Waals surface area contributed by atoms with Gasteiger partial charge in [0.05, 0.1) is 15.6 Å². The summed E-state index contributed by atoms with van der Waals surface area (Å²) in [4.78, 5) is 11.1. The first-order valence-corrected chi connectivity index (χ1v) is 6.76. The molecule has 18 heavy (non-hydrogen) atoms. The van der Waals surface area contributed by atoms with E-state index >= 15 is 0 Å². The van der Waals surface area contributed by atoms with Gasteiger partial charge in [0.2, 0.25) is 0 Å². The molecule has 2 nitrogen and oxygen atoms in total. The highest BCUT2D eigenvalue weighted by molar-refractivity contribution is 6.42. The van der Waals surface area contributed by atoms with Gasteiger partial charge in [-0.2, -0.15) is 0 Å². The van der Waals surface area contributed by atoms with Crippen LogP contribution in [-0.4, -0.2) is 5.60 Å². The van der Waals surface area contributed by atoms with Crippen LogP contribution in [0, 0.1) is 0 Å². The SMILES string of the molecule is CCC(C)(C)OOC(C)(C)c1ccc(Cl)c(Cl)c1. The van der Waals surface area contributed by atoms with Crippen LogP contribution in [0.4, 0.5) is 0 Å². The zero-order valence-electron chi connectivity index (χ0n) is 11.5. The van der Waals surface area contributed by atoms with Crippen LogP contribution in [-0.2, 0) is 15.4 Å². The fourth-order valence-corrected chi connectivity index (χ4v) is 1.49. The highest BCUT2D eigenvalue weighted by Gasteiger charge is 2.27. The van der Waals surface area contributed by atoms with Gasteiger partial charge in [-0.15, -0.1) is 0 Å². The summed E-state index contributed by atoms with van der Waals surface area (Å²) in [6.07, 6.45) is 0.866. The Morgan fingerprint density at radius 1 is 1.00 bits per heavy atom. The molecule has 0 aliphatic carbocycles. The molecule has 1 aromatic carbocycles. The summed E-state index contributed by atoms with van der Waals surface area (Å²) in [5, 5.41) is 1.05. The molecule has 102 valence electrons. The topological polar surface area (TPSA) is 18.5 Å². The predicted molar refractivity (Wildman–Crippen MR) is 76.0 cm³/mol. The third-order valence-corrected chi connectivity index (χ3v) is 3.68. The van der Waals surface area contributed by atoms with Crippen molar-refractivity contribution in [1.29, 1.82) is 0 Å². The molecule has 0 radical (unpaired) electrons. The van der Waals surface area contributed by atoms with E-state index < -0.39 is 5.60 Å². The molecule has 0 fully saturated rings. The average Bonchev–Trinajstić information content (AvgIpc) is 2.30. The molecule has 0 aromatic heterocycles. The van der Waals surface area contributed by atoms with Crippen molar-refractivity contribution in [2.45, 2.75) is 52.2 Å². The first-order valence-electron chi connectivity index (χ1n) is 6.00. The van der Waals surface area contributed by atoms with Gasteiger partial charge in [-0.3, -0.25) is 0 Å². The monoisotopic (exact) mass is 290 g/mol. The molecule has 0 amide bonds. The number of hydrogen-bond donors (Lipinski definition) is 0. The van der Waals surface area contributed by atoms with E-state index in [2.05, 4.69) is 6.92 Å². The lowest BCUT2D eigenvalue weighted by Crippen LogP contribution is -2.30. The molecular formula is C14H20Cl2O2. The van der Waals surface area contributed by atoms with Gasteiger partial charge in [0.25, 0.3) is 0 Å².